The van der Waals surface area contributed by atoms with Gasteiger partial charge in [-0.3, -0.25) is 0 Å². The molecule has 0 spiro atoms. The van der Waals surface area contributed by atoms with Gasteiger partial charge in [-0.2, -0.15) is 0 Å². The number of amides is 2. The molecule has 2 amide bonds. The summed E-state index contributed by atoms with van der Waals surface area (Å²) in [7, 11) is 2.67. The van der Waals surface area contributed by atoms with E-state index in [0.29, 0.717) is 6.54 Å². The largest absolute Gasteiger partial charge is 0.453 e. The van der Waals surface area contributed by atoms with Crippen LogP contribution < -0.4 is 10.6 Å². The molecule has 0 rings (SSSR count). The first kappa shape index (κ1) is 16.3. The number of alkyl carbamates (subject to hydrolysis) is 2. The molecule has 0 aliphatic heterocycles. The number of hydrogen-bond donors (Lipinski definition) is 2. The number of carbonyl (C=O) groups is 2. The number of nitrogens with one attached hydrogen (secondary N) is 2. The van der Waals surface area contributed by atoms with Crippen LogP contribution in [0.15, 0.2) is 12.2 Å². The maximum absolute atomic E-state index is 11.1. The monoisotopic (exact) mass is 258 g/mol. The van der Waals surface area contributed by atoms with Gasteiger partial charge in [-0.05, 0) is 26.2 Å². The molecule has 1 atom stereocenters. The molecule has 1 unspecified atom stereocenters. The summed E-state index contributed by atoms with van der Waals surface area (Å²) < 4.78 is 8.99. The van der Waals surface area contributed by atoms with Crippen molar-refractivity contribution in [2.75, 3.05) is 20.8 Å². The average Bonchev–Trinajstić information content (AvgIpc) is 2.37. The van der Waals surface area contributed by atoms with Crippen LogP contribution in [0.25, 0.3) is 0 Å². The van der Waals surface area contributed by atoms with Gasteiger partial charge in [0, 0.05) is 6.54 Å². The van der Waals surface area contributed by atoms with Crippen LogP contribution in [-0.4, -0.2) is 39.0 Å². The van der Waals surface area contributed by atoms with Gasteiger partial charge in [0.25, 0.3) is 0 Å². The highest BCUT2D eigenvalue weighted by Gasteiger charge is 2.08. The number of allylic oxidation sites excluding steroid dienone is 1. The molecule has 0 fully saturated rings. The molecule has 6 heteroatoms. The van der Waals surface area contributed by atoms with Gasteiger partial charge < -0.3 is 20.1 Å². The van der Waals surface area contributed by atoms with E-state index in [0.717, 1.165) is 19.3 Å². The summed E-state index contributed by atoms with van der Waals surface area (Å²) in [5.74, 6) is 0. The van der Waals surface area contributed by atoms with Crippen LogP contribution in [0.4, 0.5) is 9.59 Å². The molecular formula is C12H22N2O4. The summed E-state index contributed by atoms with van der Waals surface area (Å²) in [5.41, 5.74) is 0. The topological polar surface area (TPSA) is 76.7 Å². The second-order valence-corrected chi connectivity index (χ2v) is 3.68. The molecule has 0 saturated heterocycles. The Morgan fingerprint density at radius 1 is 1.17 bits per heavy atom. The third-order valence-corrected chi connectivity index (χ3v) is 2.31. The Morgan fingerprint density at radius 3 is 2.39 bits per heavy atom. The van der Waals surface area contributed by atoms with E-state index in [9.17, 15) is 9.59 Å². The Hall–Kier alpha value is -1.72. The number of methoxy groups -OCH3 is 2. The molecule has 104 valence electrons. The molecule has 0 radical (unpaired) electrons. The lowest BCUT2D eigenvalue weighted by Crippen LogP contribution is -2.33. The number of rotatable bonds is 7. The van der Waals surface area contributed by atoms with Crippen molar-refractivity contribution < 1.29 is 19.1 Å². The third-order valence-electron chi connectivity index (χ3n) is 2.31. The van der Waals surface area contributed by atoms with Gasteiger partial charge in [0.15, 0.2) is 0 Å². The van der Waals surface area contributed by atoms with E-state index in [-0.39, 0.29) is 6.04 Å². The minimum atomic E-state index is -0.439. The van der Waals surface area contributed by atoms with Crippen molar-refractivity contribution in [3.63, 3.8) is 0 Å². The summed E-state index contributed by atoms with van der Waals surface area (Å²) in [5, 5.41) is 5.32. The van der Waals surface area contributed by atoms with E-state index in [4.69, 9.17) is 0 Å². The Balaban J connectivity index is 3.77. The van der Waals surface area contributed by atoms with Gasteiger partial charge in [-0.1, -0.05) is 12.2 Å². The Morgan fingerprint density at radius 2 is 1.83 bits per heavy atom. The minimum absolute atomic E-state index is 0.0411. The minimum Gasteiger partial charge on any atom is -0.453 e. The molecule has 0 aliphatic carbocycles. The molecule has 0 heterocycles. The van der Waals surface area contributed by atoms with E-state index in [1.165, 1.54) is 14.2 Å². The van der Waals surface area contributed by atoms with Crippen molar-refractivity contribution in [3.8, 4) is 0 Å². The molecule has 0 aromatic heterocycles. The van der Waals surface area contributed by atoms with Gasteiger partial charge in [-0.15, -0.1) is 0 Å². The summed E-state index contributed by atoms with van der Waals surface area (Å²) in [4.78, 5) is 21.9. The smallest absolute Gasteiger partial charge is 0.407 e. The summed E-state index contributed by atoms with van der Waals surface area (Å²) in [6, 6.07) is -0.0411. The van der Waals surface area contributed by atoms with Crippen molar-refractivity contribution in [2.45, 2.75) is 32.2 Å². The first-order valence-corrected chi connectivity index (χ1v) is 5.93. The fourth-order valence-electron chi connectivity index (χ4n) is 1.41. The summed E-state index contributed by atoms with van der Waals surface area (Å²) >= 11 is 0. The SMILES string of the molecule is CC=CC(CCCCNC(=O)OC)NC(=O)OC. The van der Waals surface area contributed by atoms with Crippen LogP contribution in [0.5, 0.6) is 0 Å². The second-order valence-electron chi connectivity index (χ2n) is 3.68. The predicted octanol–water partition coefficient (Wildman–Crippen LogP) is 1.81. The standard InChI is InChI=1S/C12H22N2O4/c1-4-7-10(14-12(16)18-3)8-5-6-9-13-11(15)17-2/h4,7,10H,5-6,8-9H2,1-3H3,(H,13,15)(H,14,16). The number of unbranched alkanes of at least 4 members (excludes halogenated alkanes) is 1. The van der Waals surface area contributed by atoms with E-state index >= 15 is 0 Å². The van der Waals surface area contributed by atoms with Crippen LogP contribution in [-0.2, 0) is 9.47 Å². The number of carbonyl (C=O) groups excluding carboxylic acids is 2. The summed E-state index contributed by atoms with van der Waals surface area (Å²) in [6.45, 7) is 2.46. The Bertz CT molecular complexity index is 279. The number of hydrogen-bond acceptors (Lipinski definition) is 4. The van der Waals surface area contributed by atoms with Crippen molar-refractivity contribution in [1.29, 1.82) is 0 Å². The van der Waals surface area contributed by atoms with Crippen molar-refractivity contribution >= 4 is 12.2 Å². The highest BCUT2D eigenvalue weighted by atomic mass is 16.5. The molecule has 18 heavy (non-hydrogen) atoms. The van der Waals surface area contributed by atoms with Crippen LogP contribution in [0, 0.1) is 0 Å². The number of ether oxygens (including phenoxy) is 2. The lowest BCUT2D eigenvalue weighted by Gasteiger charge is -2.13. The highest BCUT2D eigenvalue weighted by Crippen LogP contribution is 2.02. The second kappa shape index (κ2) is 10.4. The van der Waals surface area contributed by atoms with Gasteiger partial charge in [0.1, 0.15) is 0 Å². The maximum atomic E-state index is 11.1. The van der Waals surface area contributed by atoms with E-state index in [2.05, 4.69) is 20.1 Å². The highest BCUT2D eigenvalue weighted by molar-refractivity contribution is 5.67. The van der Waals surface area contributed by atoms with Gasteiger partial charge in [-0.25, -0.2) is 9.59 Å². The predicted molar refractivity (Wildman–Crippen MR) is 68.4 cm³/mol. The third kappa shape index (κ3) is 8.43. The zero-order valence-corrected chi connectivity index (χ0v) is 11.2. The van der Waals surface area contributed by atoms with E-state index in [1.807, 2.05) is 19.1 Å². The van der Waals surface area contributed by atoms with Crippen molar-refractivity contribution in [2.24, 2.45) is 0 Å². The van der Waals surface area contributed by atoms with Gasteiger partial charge in [0.05, 0.1) is 20.3 Å². The molecule has 0 aliphatic rings. The molecule has 6 nitrogen and oxygen atoms in total. The lowest BCUT2D eigenvalue weighted by molar-refractivity contribution is 0.168. The first-order valence-electron chi connectivity index (χ1n) is 5.93. The fraction of sp³-hybridized carbons (Fsp3) is 0.667. The maximum Gasteiger partial charge on any atom is 0.407 e. The van der Waals surface area contributed by atoms with Crippen LogP contribution >= 0.6 is 0 Å². The lowest BCUT2D eigenvalue weighted by atomic mass is 10.1. The van der Waals surface area contributed by atoms with Crippen LogP contribution in [0.2, 0.25) is 0 Å². The molecule has 0 aromatic carbocycles. The average molecular weight is 258 g/mol. The molecular weight excluding hydrogens is 236 g/mol. The zero-order valence-electron chi connectivity index (χ0n) is 11.2. The molecule has 0 aromatic rings. The van der Waals surface area contributed by atoms with Gasteiger partial charge in [0.2, 0.25) is 0 Å². The van der Waals surface area contributed by atoms with Crippen LogP contribution in [0.1, 0.15) is 26.2 Å². The van der Waals surface area contributed by atoms with Crippen molar-refractivity contribution in [1.82, 2.24) is 10.6 Å². The normalized spacial score (nSPS) is 11.9. The molecule has 0 saturated carbocycles. The molecule has 0 bridgehead atoms. The van der Waals surface area contributed by atoms with Crippen LogP contribution in [0.3, 0.4) is 0 Å². The Kier molecular flexibility index (Phi) is 9.44. The van der Waals surface area contributed by atoms with E-state index < -0.39 is 12.2 Å². The van der Waals surface area contributed by atoms with Gasteiger partial charge >= 0.3 is 12.2 Å². The Labute approximate surface area is 108 Å². The molecule has 2 N–H and O–H groups in total. The quantitative estimate of drug-likeness (QED) is 0.539. The first-order chi connectivity index (χ1) is 8.63. The fourth-order valence-corrected chi connectivity index (χ4v) is 1.41. The zero-order chi connectivity index (χ0) is 13.8. The van der Waals surface area contributed by atoms with Crippen molar-refractivity contribution in [3.05, 3.63) is 12.2 Å². The summed E-state index contributed by atoms with van der Waals surface area (Å²) in [6.07, 6.45) is 5.42. The van der Waals surface area contributed by atoms with E-state index in [1.54, 1.807) is 0 Å².